The van der Waals surface area contributed by atoms with Crippen molar-refractivity contribution >= 4 is 17.5 Å². The summed E-state index contributed by atoms with van der Waals surface area (Å²) in [5.41, 5.74) is 3.69. The highest BCUT2D eigenvalue weighted by Crippen LogP contribution is 2.26. The SMILES string of the molecule is Cc1ccc(-c2nc3nc(N(C)C)ncn3c2C(=O)c2ccccc2)cc1. The van der Waals surface area contributed by atoms with Gasteiger partial charge in [-0.25, -0.2) is 9.97 Å². The van der Waals surface area contributed by atoms with E-state index in [1.807, 2.05) is 63.5 Å². The molecule has 27 heavy (non-hydrogen) atoms. The molecule has 0 fully saturated rings. The van der Waals surface area contributed by atoms with Gasteiger partial charge >= 0.3 is 0 Å². The third kappa shape index (κ3) is 3.06. The van der Waals surface area contributed by atoms with E-state index in [9.17, 15) is 4.79 Å². The van der Waals surface area contributed by atoms with Gasteiger partial charge in [-0.05, 0) is 6.92 Å². The molecule has 2 aromatic carbocycles. The predicted octanol–water partition coefficient (Wildman–Crippen LogP) is 3.40. The minimum absolute atomic E-state index is 0.111. The Kier molecular flexibility index (Phi) is 4.16. The second-order valence-electron chi connectivity index (χ2n) is 6.59. The number of benzene rings is 2. The van der Waals surface area contributed by atoms with Crippen molar-refractivity contribution in [2.45, 2.75) is 6.92 Å². The molecule has 2 heterocycles. The molecule has 0 saturated heterocycles. The molecule has 0 aliphatic rings. The Bertz CT molecular complexity index is 1110. The minimum Gasteiger partial charge on any atom is -0.347 e. The van der Waals surface area contributed by atoms with Crippen LogP contribution in [-0.4, -0.2) is 39.2 Å². The zero-order valence-electron chi connectivity index (χ0n) is 15.4. The van der Waals surface area contributed by atoms with Gasteiger partial charge < -0.3 is 4.90 Å². The standard InChI is InChI=1S/C21H19N5O/c1-14-9-11-15(12-10-14)17-18(19(27)16-7-5-4-6-8-16)26-13-22-20(25(2)3)24-21(26)23-17/h4-13H,1-3H3. The van der Waals surface area contributed by atoms with Crippen LogP contribution >= 0.6 is 0 Å². The molecule has 0 atom stereocenters. The maximum atomic E-state index is 13.3. The number of carbonyl (C=O) groups excluding carboxylic acids is 1. The smallest absolute Gasteiger partial charge is 0.239 e. The molecule has 4 rings (SSSR count). The van der Waals surface area contributed by atoms with Crippen molar-refractivity contribution in [3.8, 4) is 11.3 Å². The lowest BCUT2D eigenvalue weighted by Crippen LogP contribution is -2.14. The van der Waals surface area contributed by atoms with Crippen molar-refractivity contribution < 1.29 is 4.79 Å². The minimum atomic E-state index is -0.111. The number of hydrogen-bond donors (Lipinski definition) is 0. The highest BCUT2D eigenvalue weighted by molar-refractivity contribution is 6.11. The molecule has 0 N–H and O–H groups in total. The number of carbonyl (C=O) groups is 1. The average molecular weight is 357 g/mol. The molecule has 6 heteroatoms. The van der Waals surface area contributed by atoms with Gasteiger partial charge in [-0.3, -0.25) is 9.20 Å². The van der Waals surface area contributed by atoms with Crippen LogP contribution in [-0.2, 0) is 0 Å². The van der Waals surface area contributed by atoms with Crippen molar-refractivity contribution in [3.05, 3.63) is 77.7 Å². The Morgan fingerprint density at radius 2 is 1.67 bits per heavy atom. The van der Waals surface area contributed by atoms with Gasteiger partial charge in [-0.2, -0.15) is 4.98 Å². The zero-order chi connectivity index (χ0) is 19.0. The lowest BCUT2D eigenvalue weighted by Gasteiger charge is -2.09. The summed E-state index contributed by atoms with van der Waals surface area (Å²) < 4.78 is 1.66. The van der Waals surface area contributed by atoms with Gasteiger partial charge in [-0.15, -0.1) is 0 Å². The molecular weight excluding hydrogens is 338 g/mol. The molecule has 4 aromatic rings. The van der Waals surface area contributed by atoms with E-state index >= 15 is 0 Å². The molecule has 0 amide bonds. The lowest BCUT2D eigenvalue weighted by atomic mass is 10.0. The Morgan fingerprint density at radius 1 is 0.963 bits per heavy atom. The zero-order valence-corrected chi connectivity index (χ0v) is 15.4. The largest absolute Gasteiger partial charge is 0.347 e. The fourth-order valence-corrected chi connectivity index (χ4v) is 2.91. The predicted molar refractivity (Wildman–Crippen MR) is 105 cm³/mol. The molecular formula is C21H19N5O. The normalized spacial score (nSPS) is 10.9. The summed E-state index contributed by atoms with van der Waals surface area (Å²) in [6.07, 6.45) is 1.61. The number of fused-ring (bicyclic) bond motifs is 1. The number of rotatable bonds is 4. The summed E-state index contributed by atoms with van der Waals surface area (Å²) in [7, 11) is 3.73. The van der Waals surface area contributed by atoms with Crippen molar-refractivity contribution in [1.82, 2.24) is 19.4 Å². The third-order valence-corrected chi connectivity index (χ3v) is 4.36. The molecule has 0 saturated carbocycles. The van der Waals surface area contributed by atoms with Crippen molar-refractivity contribution in [2.75, 3.05) is 19.0 Å². The van der Waals surface area contributed by atoms with Gasteiger partial charge in [-0.1, -0.05) is 60.2 Å². The fourth-order valence-electron chi connectivity index (χ4n) is 2.91. The molecule has 134 valence electrons. The van der Waals surface area contributed by atoms with Crippen LogP contribution in [0.15, 0.2) is 60.9 Å². The summed E-state index contributed by atoms with van der Waals surface area (Å²) in [6, 6.07) is 17.1. The highest BCUT2D eigenvalue weighted by atomic mass is 16.1. The van der Waals surface area contributed by atoms with Gasteiger partial charge in [0.1, 0.15) is 17.7 Å². The summed E-state index contributed by atoms with van der Waals surface area (Å²) in [5.74, 6) is 0.880. The Hall–Kier alpha value is -3.54. The van der Waals surface area contributed by atoms with Crippen LogP contribution in [0.5, 0.6) is 0 Å². The number of imidazole rings is 1. The van der Waals surface area contributed by atoms with E-state index in [1.165, 1.54) is 0 Å². The van der Waals surface area contributed by atoms with Crippen LogP contribution in [0.25, 0.3) is 17.0 Å². The first kappa shape index (κ1) is 16.9. The van der Waals surface area contributed by atoms with E-state index in [-0.39, 0.29) is 5.78 Å². The molecule has 0 unspecified atom stereocenters. The molecule has 0 aliphatic heterocycles. The van der Waals surface area contributed by atoms with Crippen LogP contribution in [0, 0.1) is 6.92 Å². The van der Waals surface area contributed by atoms with Gasteiger partial charge in [0.15, 0.2) is 0 Å². The van der Waals surface area contributed by atoms with Crippen LogP contribution in [0.3, 0.4) is 0 Å². The second kappa shape index (κ2) is 6.64. The van der Waals surface area contributed by atoms with Crippen molar-refractivity contribution in [2.24, 2.45) is 0 Å². The number of anilines is 1. The lowest BCUT2D eigenvalue weighted by molar-refractivity contribution is 0.103. The first-order valence-corrected chi connectivity index (χ1v) is 8.64. The van der Waals surface area contributed by atoms with Gasteiger partial charge in [0.2, 0.25) is 17.5 Å². The van der Waals surface area contributed by atoms with Crippen molar-refractivity contribution in [1.29, 1.82) is 0 Å². The van der Waals surface area contributed by atoms with Gasteiger partial charge in [0.05, 0.1) is 0 Å². The molecule has 2 aromatic heterocycles. The van der Waals surface area contributed by atoms with Crippen molar-refractivity contribution in [3.63, 3.8) is 0 Å². The third-order valence-electron chi connectivity index (χ3n) is 4.36. The fraction of sp³-hybridized carbons (Fsp3) is 0.143. The van der Waals surface area contributed by atoms with Crippen LogP contribution in [0.2, 0.25) is 0 Å². The summed E-state index contributed by atoms with van der Waals surface area (Å²) in [6.45, 7) is 2.03. The van der Waals surface area contributed by atoms with Crippen LogP contribution in [0.1, 0.15) is 21.6 Å². The van der Waals surface area contributed by atoms with E-state index in [0.29, 0.717) is 28.7 Å². The molecule has 0 radical (unpaired) electrons. The first-order chi connectivity index (χ1) is 13.0. The highest BCUT2D eigenvalue weighted by Gasteiger charge is 2.23. The molecule has 6 nitrogen and oxygen atoms in total. The summed E-state index contributed by atoms with van der Waals surface area (Å²) in [5, 5.41) is 0. The first-order valence-electron chi connectivity index (χ1n) is 8.64. The Morgan fingerprint density at radius 3 is 2.33 bits per heavy atom. The number of aryl methyl sites for hydroxylation is 1. The maximum Gasteiger partial charge on any atom is 0.239 e. The van der Waals surface area contributed by atoms with E-state index < -0.39 is 0 Å². The second-order valence-corrected chi connectivity index (χ2v) is 6.59. The summed E-state index contributed by atoms with van der Waals surface area (Å²) in [4.78, 5) is 28.6. The molecule has 0 aliphatic carbocycles. The van der Waals surface area contributed by atoms with E-state index in [1.54, 1.807) is 27.8 Å². The van der Waals surface area contributed by atoms with E-state index in [0.717, 1.165) is 11.1 Å². The monoisotopic (exact) mass is 357 g/mol. The van der Waals surface area contributed by atoms with E-state index in [2.05, 4.69) is 15.0 Å². The maximum absolute atomic E-state index is 13.3. The van der Waals surface area contributed by atoms with Gasteiger partial charge in [0.25, 0.3) is 0 Å². The average Bonchev–Trinajstić information content (AvgIpc) is 3.07. The number of aromatic nitrogens is 4. The number of hydrogen-bond acceptors (Lipinski definition) is 5. The Balaban J connectivity index is 1.97. The van der Waals surface area contributed by atoms with Crippen LogP contribution < -0.4 is 4.90 Å². The van der Waals surface area contributed by atoms with Crippen LogP contribution in [0.4, 0.5) is 5.95 Å². The number of ketones is 1. The van der Waals surface area contributed by atoms with Gasteiger partial charge in [0, 0.05) is 25.2 Å². The molecule has 0 spiro atoms. The van der Waals surface area contributed by atoms with E-state index in [4.69, 9.17) is 0 Å². The number of nitrogens with zero attached hydrogens (tertiary/aromatic N) is 5. The molecule has 0 bridgehead atoms. The Labute approximate surface area is 157 Å². The quantitative estimate of drug-likeness (QED) is 0.524. The topological polar surface area (TPSA) is 63.4 Å². The summed E-state index contributed by atoms with van der Waals surface area (Å²) >= 11 is 0.